The van der Waals surface area contributed by atoms with Gasteiger partial charge in [-0.15, -0.1) is 0 Å². The highest BCUT2D eigenvalue weighted by atomic mass is 15.2. The highest BCUT2D eigenvalue weighted by molar-refractivity contribution is 5.52. The van der Waals surface area contributed by atoms with Crippen molar-refractivity contribution in [1.82, 2.24) is 9.80 Å². The number of nitrogens with zero attached hydrogens (tertiary/aromatic N) is 2. The lowest BCUT2D eigenvalue weighted by Gasteiger charge is -2.32. The van der Waals surface area contributed by atoms with Gasteiger partial charge in [0.2, 0.25) is 0 Å². The van der Waals surface area contributed by atoms with E-state index in [-0.39, 0.29) is 0 Å². The minimum atomic E-state index is 0.669. The largest absolute Gasteiger partial charge is 0.382 e. The molecule has 0 aromatic heterocycles. The Morgan fingerprint density at radius 3 is 2.84 bits per heavy atom. The first-order valence-electron chi connectivity index (χ1n) is 7.44. The molecule has 0 amide bonds. The summed E-state index contributed by atoms with van der Waals surface area (Å²) in [6, 6.07) is 9.43. The van der Waals surface area contributed by atoms with Crippen LogP contribution in [0.25, 0.3) is 0 Å². The van der Waals surface area contributed by atoms with Crippen molar-refractivity contribution in [3.8, 4) is 0 Å². The Morgan fingerprint density at radius 2 is 2.00 bits per heavy atom. The van der Waals surface area contributed by atoms with Crippen molar-refractivity contribution in [3.05, 3.63) is 29.8 Å². The smallest absolute Gasteiger partial charge is 0.0388 e. The van der Waals surface area contributed by atoms with E-state index < -0.39 is 0 Å². The number of piperidine rings is 1. The molecule has 2 heterocycles. The summed E-state index contributed by atoms with van der Waals surface area (Å²) in [4.78, 5) is 4.84. The van der Waals surface area contributed by atoms with E-state index in [1.54, 1.807) is 0 Å². The van der Waals surface area contributed by atoms with Gasteiger partial charge in [-0.3, -0.25) is 0 Å². The minimum Gasteiger partial charge on any atom is -0.382 e. The molecule has 1 aromatic carbocycles. The maximum absolute atomic E-state index is 3.83. The lowest BCUT2D eigenvalue weighted by Crippen LogP contribution is -2.39. The first-order valence-corrected chi connectivity index (χ1v) is 7.44. The molecule has 2 aliphatic rings. The summed E-state index contributed by atoms with van der Waals surface area (Å²) < 4.78 is 0. The molecular weight excluding hydrogens is 234 g/mol. The Hall–Kier alpha value is -1.06. The van der Waals surface area contributed by atoms with Crippen LogP contribution in [0.3, 0.4) is 0 Å². The van der Waals surface area contributed by atoms with Crippen LogP contribution >= 0.6 is 0 Å². The fraction of sp³-hybridized carbons (Fsp3) is 0.625. The number of hydrogen-bond donors (Lipinski definition) is 1. The Bertz CT molecular complexity index is 430. The summed E-state index contributed by atoms with van der Waals surface area (Å²) in [5.41, 5.74) is 2.74. The van der Waals surface area contributed by atoms with Crippen molar-refractivity contribution in [3.63, 3.8) is 0 Å². The Labute approximate surface area is 116 Å². The Morgan fingerprint density at radius 1 is 1.21 bits per heavy atom. The predicted molar refractivity (Wildman–Crippen MR) is 80.4 cm³/mol. The van der Waals surface area contributed by atoms with Gasteiger partial charge in [-0.05, 0) is 51.0 Å². The molecule has 0 aliphatic carbocycles. The number of rotatable bonds is 4. The van der Waals surface area contributed by atoms with Crippen LogP contribution in [0.1, 0.15) is 18.4 Å². The zero-order valence-electron chi connectivity index (χ0n) is 12.1. The van der Waals surface area contributed by atoms with Crippen molar-refractivity contribution in [2.24, 2.45) is 5.92 Å². The van der Waals surface area contributed by atoms with Crippen LogP contribution in [-0.4, -0.2) is 49.6 Å². The molecule has 3 unspecified atom stereocenters. The molecule has 3 heteroatoms. The Kier molecular flexibility index (Phi) is 3.76. The molecule has 0 spiro atoms. The van der Waals surface area contributed by atoms with Crippen LogP contribution < -0.4 is 5.32 Å². The molecule has 3 nitrogen and oxygen atoms in total. The SMILES string of the molecule is CN(C)Cc1ccccc1NC1CCN2CCC1C2. The van der Waals surface area contributed by atoms with Crippen LogP contribution in [0.5, 0.6) is 0 Å². The van der Waals surface area contributed by atoms with Gasteiger partial charge in [0.15, 0.2) is 0 Å². The maximum Gasteiger partial charge on any atom is 0.0388 e. The van der Waals surface area contributed by atoms with Gasteiger partial charge in [0, 0.05) is 31.4 Å². The average Bonchev–Trinajstić information content (AvgIpc) is 2.77. The molecule has 0 radical (unpaired) electrons. The van der Waals surface area contributed by atoms with E-state index in [1.165, 1.54) is 43.7 Å². The van der Waals surface area contributed by atoms with E-state index >= 15 is 0 Å². The van der Waals surface area contributed by atoms with Crippen LogP contribution in [0.2, 0.25) is 0 Å². The number of hydrogen-bond acceptors (Lipinski definition) is 3. The van der Waals surface area contributed by atoms with E-state index in [9.17, 15) is 0 Å². The minimum absolute atomic E-state index is 0.669. The fourth-order valence-electron chi connectivity index (χ4n) is 3.48. The maximum atomic E-state index is 3.83. The summed E-state index contributed by atoms with van der Waals surface area (Å²) in [7, 11) is 4.26. The van der Waals surface area contributed by atoms with Crippen molar-refractivity contribution >= 4 is 5.69 Å². The third kappa shape index (κ3) is 2.93. The lowest BCUT2D eigenvalue weighted by atomic mass is 9.93. The molecule has 104 valence electrons. The van der Waals surface area contributed by atoms with Gasteiger partial charge in [-0.25, -0.2) is 0 Å². The van der Waals surface area contributed by atoms with Crippen molar-refractivity contribution in [2.45, 2.75) is 25.4 Å². The van der Waals surface area contributed by atoms with E-state index in [0.717, 1.165) is 12.5 Å². The molecule has 3 atom stereocenters. The third-order valence-electron chi connectivity index (χ3n) is 4.48. The zero-order valence-corrected chi connectivity index (χ0v) is 12.1. The monoisotopic (exact) mass is 259 g/mol. The first kappa shape index (κ1) is 12.9. The predicted octanol–water partition coefficient (Wildman–Crippen LogP) is 2.25. The number of benzene rings is 1. The second-order valence-electron chi connectivity index (χ2n) is 6.28. The summed E-state index contributed by atoms with van der Waals surface area (Å²) in [5.74, 6) is 0.848. The third-order valence-corrected chi connectivity index (χ3v) is 4.48. The highest BCUT2D eigenvalue weighted by Gasteiger charge is 2.34. The van der Waals surface area contributed by atoms with Gasteiger partial charge >= 0.3 is 0 Å². The van der Waals surface area contributed by atoms with Crippen LogP contribution in [0.15, 0.2) is 24.3 Å². The second-order valence-corrected chi connectivity index (χ2v) is 6.28. The van der Waals surface area contributed by atoms with Crippen molar-refractivity contribution in [2.75, 3.05) is 39.0 Å². The summed E-state index contributed by atoms with van der Waals surface area (Å²) >= 11 is 0. The van der Waals surface area contributed by atoms with Gasteiger partial charge < -0.3 is 15.1 Å². The molecule has 1 aromatic rings. The van der Waals surface area contributed by atoms with E-state index in [2.05, 4.69) is 53.5 Å². The van der Waals surface area contributed by atoms with Crippen molar-refractivity contribution < 1.29 is 0 Å². The molecule has 1 N–H and O–H groups in total. The quantitative estimate of drug-likeness (QED) is 0.895. The van der Waals surface area contributed by atoms with E-state index in [4.69, 9.17) is 0 Å². The molecule has 3 rings (SSSR count). The topological polar surface area (TPSA) is 18.5 Å². The number of anilines is 1. The standard InChI is InChI=1S/C16H25N3/c1-18(2)11-13-5-3-4-6-15(13)17-16-8-10-19-9-7-14(16)12-19/h3-6,14,16-17H,7-12H2,1-2H3. The van der Waals surface area contributed by atoms with Gasteiger partial charge in [-0.2, -0.15) is 0 Å². The van der Waals surface area contributed by atoms with Gasteiger partial charge in [0.1, 0.15) is 0 Å². The van der Waals surface area contributed by atoms with E-state index in [1.807, 2.05) is 0 Å². The normalized spacial score (nSPS) is 29.7. The lowest BCUT2D eigenvalue weighted by molar-refractivity contribution is 0.255. The molecule has 2 aliphatic heterocycles. The molecule has 2 bridgehead atoms. The van der Waals surface area contributed by atoms with Crippen LogP contribution in [0.4, 0.5) is 5.69 Å². The first-order chi connectivity index (χ1) is 9.22. The average molecular weight is 259 g/mol. The van der Waals surface area contributed by atoms with Gasteiger partial charge in [0.25, 0.3) is 0 Å². The van der Waals surface area contributed by atoms with E-state index in [0.29, 0.717) is 6.04 Å². The molecule has 0 saturated carbocycles. The van der Waals surface area contributed by atoms with Crippen LogP contribution in [-0.2, 0) is 6.54 Å². The molecule has 2 fully saturated rings. The van der Waals surface area contributed by atoms with Crippen molar-refractivity contribution in [1.29, 1.82) is 0 Å². The summed E-state index contributed by atoms with van der Waals surface area (Å²) in [6.45, 7) is 4.88. The van der Waals surface area contributed by atoms with Gasteiger partial charge in [-0.1, -0.05) is 18.2 Å². The van der Waals surface area contributed by atoms with Crippen LogP contribution in [0, 0.1) is 5.92 Å². The summed E-state index contributed by atoms with van der Waals surface area (Å²) in [6.07, 6.45) is 2.66. The zero-order chi connectivity index (χ0) is 13.2. The number of fused-ring (bicyclic) bond motifs is 2. The molecule has 19 heavy (non-hydrogen) atoms. The summed E-state index contributed by atoms with van der Waals surface area (Å²) in [5, 5.41) is 3.83. The fourth-order valence-corrected chi connectivity index (χ4v) is 3.48. The number of para-hydroxylation sites is 1. The van der Waals surface area contributed by atoms with Gasteiger partial charge in [0.05, 0.1) is 0 Å². The molecule has 2 saturated heterocycles. The Balaban J connectivity index is 1.72. The second kappa shape index (κ2) is 5.51. The number of nitrogens with one attached hydrogen (secondary N) is 1. The molecular formula is C16H25N3. The highest BCUT2D eigenvalue weighted by Crippen LogP contribution is 2.30.